The van der Waals surface area contributed by atoms with Gasteiger partial charge in [0, 0.05) is 50.3 Å². The van der Waals surface area contributed by atoms with Gasteiger partial charge in [0.25, 0.3) is 0 Å². The molecule has 6 nitrogen and oxygen atoms in total. The van der Waals surface area contributed by atoms with Gasteiger partial charge in [0.05, 0.1) is 12.7 Å². The van der Waals surface area contributed by atoms with Gasteiger partial charge in [-0.15, -0.1) is 24.0 Å². The second-order valence-electron chi connectivity index (χ2n) is 8.37. The largest absolute Gasteiger partial charge is 0.396 e. The van der Waals surface area contributed by atoms with E-state index in [1.54, 1.807) is 0 Å². The van der Waals surface area contributed by atoms with E-state index in [-0.39, 0.29) is 41.4 Å². The Labute approximate surface area is 181 Å². The Kier molecular flexibility index (Phi) is 9.09. The zero-order chi connectivity index (χ0) is 18.5. The molecule has 0 aromatic rings. The maximum atomic E-state index is 9.41. The molecular formula is C20H38IN3O3. The van der Waals surface area contributed by atoms with Gasteiger partial charge in [0.1, 0.15) is 0 Å². The van der Waals surface area contributed by atoms with Crippen molar-refractivity contribution < 1.29 is 14.6 Å². The summed E-state index contributed by atoms with van der Waals surface area (Å²) in [6, 6.07) is 0.444. The number of halogens is 1. The Morgan fingerprint density at radius 3 is 2.63 bits per heavy atom. The first-order chi connectivity index (χ1) is 12.7. The minimum atomic E-state index is 0. The molecule has 1 spiro atoms. The van der Waals surface area contributed by atoms with Crippen LogP contribution < -0.4 is 10.6 Å². The molecule has 0 amide bonds. The molecule has 27 heavy (non-hydrogen) atoms. The van der Waals surface area contributed by atoms with Crippen molar-refractivity contribution >= 4 is 29.9 Å². The fourth-order valence-corrected chi connectivity index (χ4v) is 5.21. The molecule has 1 heterocycles. The molecule has 0 bridgehead atoms. The Hall–Kier alpha value is -0.120. The molecule has 2 saturated carbocycles. The normalized spacial score (nSPS) is 32.6. The van der Waals surface area contributed by atoms with E-state index in [1.807, 2.05) is 7.05 Å². The lowest BCUT2D eigenvalue weighted by molar-refractivity contribution is -0.145. The Balaban J connectivity index is 0.00000261. The summed E-state index contributed by atoms with van der Waals surface area (Å²) in [6.45, 7) is 5.41. The molecule has 158 valence electrons. The summed E-state index contributed by atoms with van der Waals surface area (Å²) in [5, 5.41) is 16.6. The van der Waals surface area contributed by atoms with Crippen LogP contribution in [0.3, 0.4) is 0 Å². The topological polar surface area (TPSA) is 75.1 Å². The van der Waals surface area contributed by atoms with Gasteiger partial charge in [0.2, 0.25) is 0 Å². The zero-order valence-corrected chi connectivity index (χ0v) is 19.3. The third-order valence-electron chi connectivity index (χ3n) is 6.93. The molecule has 3 aliphatic rings. The predicted octanol–water partition coefficient (Wildman–Crippen LogP) is 2.69. The fraction of sp³-hybridized carbons (Fsp3) is 0.950. The van der Waals surface area contributed by atoms with E-state index in [9.17, 15) is 5.11 Å². The number of hydrogen-bond acceptors (Lipinski definition) is 4. The molecule has 3 fully saturated rings. The molecule has 3 N–H and O–H groups in total. The van der Waals surface area contributed by atoms with Crippen molar-refractivity contribution in [1.82, 2.24) is 10.6 Å². The molecule has 0 aromatic heterocycles. The van der Waals surface area contributed by atoms with Gasteiger partial charge in [-0.3, -0.25) is 4.99 Å². The van der Waals surface area contributed by atoms with Crippen LogP contribution in [-0.4, -0.2) is 63.2 Å². The van der Waals surface area contributed by atoms with E-state index in [0.29, 0.717) is 12.1 Å². The standard InChI is InChI=1S/C20H37N3O3.HI/c1-3-26-17-13-16(20(17)7-5-4-6-8-20)23-18(21-2)22-14-19(9-11-24)10-12-25-15-19;/h16-17,24H,3-15H2,1-2H3,(H2,21,22,23);1H. The highest BCUT2D eigenvalue weighted by Gasteiger charge is 2.55. The van der Waals surface area contributed by atoms with Crippen molar-refractivity contribution in [3.05, 3.63) is 0 Å². The minimum absolute atomic E-state index is 0. The van der Waals surface area contributed by atoms with E-state index in [0.717, 1.165) is 51.6 Å². The lowest BCUT2D eigenvalue weighted by Crippen LogP contribution is -2.66. The fourth-order valence-electron chi connectivity index (χ4n) is 5.21. The maximum Gasteiger partial charge on any atom is 0.191 e. The molecule has 0 aromatic carbocycles. The quantitative estimate of drug-likeness (QED) is 0.288. The summed E-state index contributed by atoms with van der Waals surface area (Å²) in [6.07, 6.45) is 9.73. The molecule has 1 saturated heterocycles. The second kappa shape index (κ2) is 10.6. The highest BCUT2D eigenvalue weighted by atomic mass is 127. The van der Waals surface area contributed by atoms with Crippen LogP contribution in [0.4, 0.5) is 0 Å². The molecule has 7 heteroatoms. The molecule has 2 aliphatic carbocycles. The van der Waals surface area contributed by atoms with Gasteiger partial charge < -0.3 is 25.2 Å². The Morgan fingerprint density at radius 1 is 1.26 bits per heavy atom. The first-order valence-electron chi connectivity index (χ1n) is 10.5. The minimum Gasteiger partial charge on any atom is -0.396 e. The van der Waals surface area contributed by atoms with Crippen molar-refractivity contribution in [2.24, 2.45) is 15.8 Å². The van der Waals surface area contributed by atoms with Crippen LogP contribution in [0, 0.1) is 10.8 Å². The molecule has 1 aliphatic heterocycles. The van der Waals surface area contributed by atoms with E-state index >= 15 is 0 Å². The van der Waals surface area contributed by atoms with E-state index in [1.165, 1.54) is 32.1 Å². The number of hydrogen-bond donors (Lipinski definition) is 3. The van der Waals surface area contributed by atoms with Crippen molar-refractivity contribution in [3.63, 3.8) is 0 Å². The van der Waals surface area contributed by atoms with Crippen molar-refractivity contribution in [2.45, 2.75) is 70.4 Å². The van der Waals surface area contributed by atoms with Gasteiger partial charge in [-0.05, 0) is 39.0 Å². The van der Waals surface area contributed by atoms with Gasteiger partial charge in [-0.2, -0.15) is 0 Å². The average Bonchev–Trinajstić information content (AvgIpc) is 3.13. The van der Waals surface area contributed by atoms with Gasteiger partial charge >= 0.3 is 0 Å². The summed E-state index contributed by atoms with van der Waals surface area (Å²) in [5.41, 5.74) is 0.313. The number of aliphatic imine (C=N–C) groups is 1. The molecule has 3 rings (SSSR count). The molecule has 0 radical (unpaired) electrons. The van der Waals surface area contributed by atoms with Crippen LogP contribution in [0.1, 0.15) is 58.3 Å². The average molecular weight is 495 g/mol. The van der Waals surface area contributed by atoms with Crippen molar-refractivity contribution in [2.75, 3.05) is 40.0 Å². The van der Waals surface area contributed by atoms with Crippen LogP contribution >= 0.6 is 24.0 Å². The highest BCUT2D eigenvalue weighted by molar-refractivity contribution is 14.0. The molecular weight excluding hydrogens is 457 g/mol. The van der Waals surface area contributed by atoms with Crippen LogP contribution in [0.15, 0.2) is 4.99 Å². The first kappa shape index (κ1) is 23.2. The molecule has 3 unspecified atom stereocenters. The first-order valence-corrected chi connectivity index (χ1v) is 10.5. The van der Waals surface area contributed by atoms with E-state index < -0.39 is 0 Å². The van der Waals surface area contributed by atoms with E-state index in [2.05, 4.69) is 22.5 Å². The van der Waals surface area contributed by atoms with Crippen LogP contribution in [0.25, 0.3) is 0 Å². The molecule has 3 atom stereocenters. The van der Waals surface area contributed by atoms with Crippen molar-refractivity contribution in [3.8, 4) is 0 Å². The summed E-state index contributed by atoms with van der Waals surface area (Å²) < 4.78 is 11.7. The number of aliphatic hydroxyl groups is 1. The third kappa shape index (κ3) is 5.08. The number of nitrogens with zero attached hydrogens (tertiary/aromatic N) is 1. The highest BCUT2D eigenvalue weighted by Crippen LogP contribution is 2.53. The number of rotatable bonds is 7. The van der Waals surface area contributed by atoms with Gasteiger partial charge in [-0.25, -0.2) is 0 Å². The lowest BCUT2D eigenvalue weighted by Gasteiger charge is -2.58. The second-order valence-corrected chi connectivity index (χ2v) is 8.37. The zero-order valence-electron chi connectivity index (χ0n) is 17.0. The lowest BCUT2D eigenvalue weighted by atomic mass is 9.55. The number of guanidine groups is 1. The third-order valence-corrected chi connectivity index (χ3v) is 6.93. The Morgan fingerprint density at radius 2 is 2.04 bits per heavy atom. The monoisotopic (exact) mass is 495 g/mol. The van der Waals surface area contributed by atoms with Gasteiger partial charge in [0.15, 0.2) is 5.96 Å². The summed E-state index contributed by atoms with van der Waals surface area (Å²) in [7, 11) is 1.84. The Bertz CT molecular complexity index is 477. The summed E-state index contributed by atoms with van der Waals surface area (Å²) in [4.78, 5) is 4.46. The number of nitrogens with one attached hydrogen (secondary N) is 2. The smallest absolute Gasteiger partial charge is 0.191 e. The summed E-state index contributed by atoms with van der Waals surface area (Å²) >= 11 is 0. The van der Waals surface area contributed by atoms with Crippen LogP contribution in [-0.2, 0) is 9.47 Å². The van der Waals surface area contributed by atoms with Crippen LogP contribution in [0.5, 0.6) is 0 Å². The SMILES string of the molecule is CCOC1CC(NC(=NC)NCC2(CCO)CCOC2)C12CCCCC2.I. The summed E-state index contributed by atoms with van der Waals surface area (Å²) in [5.74, 6) is 0.874. The number of aliphatic hydroxyl groups excluding tert-OH is 1. The van der Waals surface area contributed by atoms with Crippen LogP contribution in [0.2, 0.25) is 0 Å². The van der Waals surface area contributed by atoms with Crippen molar-refractivity contribution in [1.29, 1.82) is 0 Å². The van der Waals surface area contributed by atoms with E-state index in [4.69, 9.17) is 9.47 Å². The maximum absolute atomic E-state index is 9.41. The number of ether oxygens (including phenoxy) is 2. The van der Waals surface area contributed by atoms with Gasteiger partial charge in [-0.1, -0.05) is 19.3 Å². The predicted molar refractivity (Wildman–Crippen MR) is 119 cm³/mol.